The number of anilines is 3. The molecule has 184 valence electrons. The molecule has 1 spiro atoms. The molecule has 1 atom stereocenters. The van der Waals surface area contributed by atoms with Gasteiger partial charge in [-0.1, -0.05) is 42.5 Å². The summed E-state index contributed by atoms with van der Waals surface area (Å²) in [5, 5.41) is 0. The van der Waals surface area contributed by atoms with Gasteiger partial charge in [0.1, 0.15) is 0 Å². The summed E-state index contributed by atoms with van der Waals surface area (Å²) in [4.78, 5) is 34.9. The highest BCUT2D eigenvalue weighted by Crippen LogP contribution is 2.55. The van der Waals surface area contributed by atoms with Crippen LogP contribution < -0.4 is 14.7 Å². The zero-order valence-corrected chi connectivity index (χ0v) is 21.5. The average Bonchev–Trinajstić information content (AvgIpc) is 3.37. The lowest BCUT2D eigenvalue weighted by molar-refractivity contribution is -0.124. The van der Waals surface area contributed by atoms with Gasteiger partial charge < -0.3 is 4.90 Å². The molecule has 36 heavy (non-hydrogen) atoms. The van der Waals surface area contributed by atoms with E-state index in [9.17, 15) is 9.59 Å². The van der Waals surface area contributed by atoms with E-state index >= 15 is 0 Å². The van der Waals surface area contributed by atoms with Gasteiger partial charge in [-0.15, -0.1) is 11.8 Å². The van der Waals surface area contributed by atoms with Gasteiger partial charge in [-0.3, -0.25) is 24.3 Å². The zero-order valence-electron chi connectivity index (χ0n) is 20.7. The van der Waals surface area contributed by atoms with Crippen molar-refractivity contribution in [3.05, 3.63) is 89.5 Å². The number of fused-ring (bicyclic) bond motifs is 2. The molecule has 0 unspecified atom stereocenters. The second kappa shape index (κ2) is 8.98. The molecule has 2 saturated heterocycles. The SMILES string of the molecule is Cc1ccc(N2C(=O)CS[C@]23C(=O)N(CN2CCN(c4ccccc4)CC2)c2ccccc23)cc1C. The molecule has 3 aliphatic heterocycles. The minimum Gasteiger partial charge on any atom is -0.369 e. The van der Waals surface area contributed by atoms with Gasteiger partial charge in [0.15, 0.2) is 0 Å². The number of carbonyl (C=O) groups excluding carboxylic acids is 2. The molecule has 3 aromatic rings. The Morgan fingerprint density at radius 3 is 2.28 bits per heavy atom. The maximum Gasteiger partial charge on any atom is 0.269 e. The fourth-order valence-corrected chi connectivity index (χ4v) is 6.91. The van der Waals surface area contributed by atoms with Crippen LogP contribution in [0.1, 0.15) is 16.7 Å². The van der Waals surface area contributed by atoms with Gasteiger partial charge in [-0.2, -0.15) is 0 Å². The first-order valence-electron chi connectivity index (χ1n) is 12.5. The molecule has 0 aromatic heterocycles. The fraction of sp³-hybridized carbons (Fsp3) is 0.310. The normalized spacial score (nSPS) is 22.1. The third-order valence-corrected chi connectivity index (χ3v) is 9.03. The Labute approximate surface area is 216 Å². The number of amides is 2. The molecule has 0 bridgehead atoms. The first-order chi connectivity index (χ1) is 17.5. The standard InChI is InChI=1S/C29H30N4O2S/c1-21-12-13-24(18-22(21)2)33-27(34)19-36-29(33)25-10-6-7-11-26(25)32(28(29)35)20-30-14-16-31(17-15-30)23-8-4-3-5-9-23/h3-13,18H,14-17,19-20H2,1-2H3/t29-/m1/s1. The van der Waals surface area contributed by atoms with Crippen LogP contribution in [-0.2, 0) is 14.5 Å². The largest absolute Gasteiger partial charge is 0.369 e. The topological polar surface area (TPSA) is 47.1 Å². The minimum atomic E-state index is -1.05. The molecule has 3 heterocycles. The summed E-state index contributed by atoms with van der Waals surface area (Å²) >= 11 is 1.45. The number of aryl methyl sites for hydroxylation is 2. The number of para-hydroxylation sites is 2. The zero-order chi connectivity index (χ0) is 24.9. The quantitative estimate of drug-likeness (QED) is 0.535. The van der Waals surface area contributed by atoms with Crippen LogP contribution in [0.3, 0.4) is 0 Å². The molecule has 0 aliphatic carbocycles. The molecule has 6 nitrogen and oxygen atoms in total. The van der Waals surface area contributed by atoms with Crippen molar-refractivity contribution >= 4 is 40.6 Å². The molecule has 0 saturated carbocycles. The van der Waals surface area contributed by atoms with Gasteiger partial charge >= 0.3 is 0 Å². The smallest absolute Gasteiger partial charge is 0.269 e. The van der Waals surface area contributed by atoms with Crippen LogP contribution in [0.2, 0.25) is 0 Å². The third kappa shape index (κ3) is 3.61. The van der Waals surface area contributed by atoms with Crippen molar-refractivity contribution in [1.82, 2.24) is 4.90 Å². The van der Waals surface area contributed by atoms with Gasteiger partial charge in [0.05, 0.1) is 18.1 Å². The van der Waals surface area contributed by atoms with E-state index in [2.05, 4.69) is 41.0 Å². The van der Waals surface area contributed by atoms with Crippen molar-refractivity contribution in [3.63, 3.8) is 0 Å². The van der Waals surface area contributed by atoms with Crippen molar-refractivity contribution in [3.8, 4) is 0 Å². The number of piperazine rings is 1. The van der Waals surface area contributed by atoms with E-state index in [4.69, 9.17) is 0 Å². The molecule has 3 aromatic carbocycles. The Bertz CT molecular complexity index is 1320. The van der Waals surface area contributed by atoms with Gasteiger partial charge in [0, 0.05) is 43.1 Å². The van der Waals surface area contributed by atoms with Gasteiger partial charge in [-0.05, 0) is 55.3 Å². The van der Waals surface area contributed by atoms with Crippen molar-refractivity contribution in [2.75, 3.05) is 53.3 Å². The number of thioether (sulfide) groups is 1. The Hall–Kier alpha value is -3.29. The Morgan fingerprint density at radius 2 is 1.53 bits per heavy atom. The summed E-state index contributed by atoms with van der Waals surface area (Å²) in [7, 11) is 0. The van der Waals surface area contributed by atoms with E-state index in [0.717, 1.165) is 48.7 Å². The number of nitrogens with zero attached hydrogens (tertiary/aromatic N) is 4. The highest BCUT2D eigenvalue weighted by Gasteiger charge is 2.61. The van der Waals surface area contributed by atoms with Crippen molar-refractivity contribution < 1.29 is 9.59 Å². The lowest BCUT2D eigenvalue weighted by Gasteiger charge is -2.38. The van der Waals surface area contributed by atoms with Crippen LogP contribution in [-0.4, -0.2) is 55.3 Å². The molecule has 0 N–H and O–H groups in total. The van der Waals surface area contributed by atoms with Crippen LogP contribution in [0.5, 0.6) is 0 Å². The minimum absolute atomic E-state index is 0.0234. The Balaban J connectivity index is 1.29. The average molecular weight is 499 g/mol. The van der Waals surface area contributed by atoms with Gasteiger partial charge in [-0.25, -0.2) is 0 Å². The van der Waals surface area contributed by atoms with Crippen LogP contribution >= 0.6 is 11.8 Å². The summed E-state index contributed by atoms with van der Waals surface area (Å²) < 4.78 is 0. The molecule has 3 aliphatic rings. The van der Waals surface area contributed by atoms with Crippen molar-refractivity contribution in [2.45, 2.75) is 18.7 Å². The van der Waals surface area contributed by atoms with Crippen molar-refractivity contribution in [2.24, 2.45) is 0 Å². The predicted molar refractivity (Wildman–Crippen MR) is 147 cm³/mol. The van der Waals surface area contributed by atoms with E-state index in [1.807, 2.05) is 60.4 Å². The van der Waals surface area contributed by atoms with E-state index < -0.39 is 4.87 Å². The second-order valence-corrected chi connectivity index (χ2v) is 10.9. The van der Waals surface area contributed by atoms with Crippen LogP contribution in [0.4, 0.5) is 17.1 Å². The second-order valence-electron chi connectivity index (χ2n) is 9.76. The first-order valence-corrected chi connectivity index (χ1v) is 13.5. The number of hydrogen-bond donors (Lipinski definition) is 0. The number of carbonyl (C=O) groups is 2. The Kier molecular flexibility index (Phi) is 5.77. The van der Waals surface area contributed by atoms with Crippen LogP contribution in [0.15, 0.2) is 72.8 Å². The molecular formula is C29H30N4O2S. The maximum atomic E-state index is 14.3. The van der Waals surface area contributed by atoms with Gasteiger partial charge in [0.25, 0.3) is 5.91 Å². The highest BCUT2D eigenvalue weighted by atomic mass is 32.2. The summed E-state index contributed by atoms with van der Waals surface area (Å²) in [6.45, 7) is 8.22. The van der Waals surface area contributed by atoms with Crippen LogP contribution in [0, 0.1) is 13.8 Å². The molecule has 0 radical (unpaired) electrons. The summed E-state index contributed by atoms with van der Waals surface area (Å²) in [5.41, 5.74) is 6.12. The van der Waals surface area contributed by atoms with E-state index in [-0.39, 0.29) is 17.6 Å². The van der Waals surface area contributed by atoms with E-state index in [1.54, 1.807) is 4.90 Å². The molecule has 2 amide bonds. The number of benzene rings is 3. The maximum absolute atomic E-state index is 14.3. The van der Waals surface area contributed by atoms with E-state index in [1.165, 1.54) is 23.0 Å². The lowest BCUT2D eigenvalue weighted by Crippen LogP contribution is -2.54. The lowest BCUT2D eigenvalue weighted by atomic mass is 10.0. The Morgan fingerprint density at radius 1 is 0.806 bits per heavy atom. The van der Waals surface area contributed by atoms with Crippen LogP contribution in [0.25, 0.3) is 0 Å². The van der Waals surface area contributed by atoms with Gasteiger partial charge in [0.2, 0.25) is 10.8 Å². The monoisotopic (exact) mass is 498 g/mol. The van der Waals surface area contributed by atoms with E-state index in [0.29, 0.717) is 6.67 Å². The summed E-state index contributed by atoms with van der Waals surface area (Å²) in [5.74, 6) is 0.240. The molecule has 2 fully saturated rings. The fourth-order valence-electron chi connectivity index (χ4n) is 5.55. The first kappa shape index (κ1) is 23.1. The number of hydrogen-bond acceptors (Lipinski definition) is 5. The summed E-state index contributed by atoms with van der Waals surface area (Å²) in [6, 6.07) is 24.5. The highest BCUT2D eigenvalue weighted by molar-refractivity contribution is 8.02. The number of rotatable bonds is 4. The predicted octanol–water partition coefficient (Wildman–Crippen LogP) is 4.36. The molecular weight excluding hydrogens is 468 g/mol. The molecule has 7 heteroatoms. The third-order valence-electron chi connectivity index (χ3n) is 7.65. The molecule has 6 rings (SSSR count). The van der Waals surface area contributed by atoms with Crippen molar-refractivity contribution in [1.29, 1.82) is 0 Å². The summed E-state index contributed by atoms with van der Waals surface area (Å²) in [6.07, 6.45) is 0.